The molecule has 2 saturated carbocycles. The first-order valence-corrected chi connectivity index (χ1v) is 6.28. The normalized spacial score (nSPS) is 45.5. The largest absolute Gasteiger partial charge is 0.377 e. The Bertz CT molecular complexity index is 249. The fraction of sp³-hybridized carbons (Fsp3) is 0.923. The van der Waals surface area contributed by atoms with Crippen molar-refractivity contribution in [1.29, 1.82) is 0 Å². The summed E-state index contributed by atoms with van der Waals surface area (Å²) in [6.07, 6.45) is 3.57. The molecular formula is C13H22O2. The van der Waals surface area contributed by atoms with Crippen LogP contribution in [0.3, 0.4) is 0 Å². The Morgan fingerprint density at radius 2 is 2.00 bits per heavy atom. The maximum absolute atomic E-state index is 12.1. The van der Waals surface area contributed by atoms with Crippen molar-refractivity contribution in [2.24, 2.45) is 23.7 Å². The highest BCUT2D eigenvalue weighted by molar-refractivity contribution is 5.84. The first-order chi connectivity index (χ1) is 7.13. The van der Waals surface area contributed by atoms with E-state index in [1.165, 1.54) is 6.42 Å². The van der Waals surface area contributed by atoms with Gasteiger partial charge in [0.25, 0.3) is 0 Å². The molecule has 0 aromatic carbocycles. The van der Waals surface area contributed by atoms with E-state index in [0.29, 0.717) is 17.6 Å². The first kappa shape index (κ1) is 11.1. The molecule has 2 aliphatic rings. The lowest BCUT2D eigenvalue weighted by atomic mass is 9.63. The molecule has 0 spiro atoms. The van der Waals surface area contributed by atoms with Crippen LogP contribution >= 0.6 is 0 Å². The van der Waals surface area contributed by atoms with Gasteiger partial charge in [-0.3, -0.25) is 4.79 Å². The molecule has 5 atom stereocenters. The molecule has 2 bridgehead atoms. The minimum Gasteiger partial charge on any atom is -0.377 e. The number of hydrogen-bond donors (Lipinski definition) is 0. The molecule has 2 nitrogen and oxygen atoms in total. The van der Waals surface area contributed by atoms with Gasteiger partial charge in [0.2, 0.25) is 0 Å². The van der Waals surface area contributed by atoms with Crippen molar-refractivity contribution in [2.75, 3.05) is 6.61 Å². The molecule has 2 fully saturated rings. The van der Waals surface area contributed by atoms with Gasteiger partial charge in [-0.1, -0.05) is 13.8 Å². The predicted molar refractivity (Wildman–Crippen MR) is 59.6 cm³/mol. The number of ketones is 1. The molecule has 0 heterocycles. The van der Waals surface area contributed by atoms with Crippen molar-refractivity contribution in [1.82, 2.24) is 0 Å². The molecule has 2 aliphatic carbocycles. The zero-order chi connectivity index (χ0) is 11.0. The number of Topliss-reactive ketones (excluding diaryl/α,β-unsaturated/α-hetero) is 1. The number of fused-ring (bicyclic) bond motifs is 2. The van der Waals surface area contributed by atoms with E-state index in [1.54, 1.807) is 0 Å². The topological polar surface area (TPSA) is 26.3 Å². The lowest BCUT2D eigenvalue weighted by Gasteiger charge is -2.45. The maximum Gasteiger partial charge on any atom is 0.141 e. The second-order valence-electron chi connectivity index (χ2n) is 5.40. The van der Waals surface area contributed by atoms with E-state index in [0.717, 1.165) is 19.4 Å². The van der Waals surface area contributed by atoms with Gasteiger partial charge in [0.05, 0.1) is 6.10 Å². The second kappa shape index (κ2) is 4.25. The summed E-state index contributed by atoms with van der Waals surface area (Å²) in [4.78, 5) is 12.1. The van der Waals surface area contributed by atoms with Gasteiger partial charge in [-0.25, -0.2) is 0 Å². The summed E-state index contributed by atoms with van der Waals surface area (Å²) < 4.78 is 5.80. The SMILES string of the molecule is CCOC1C2CC(C)CC1C(=O)C(C)C2. The average Bonchev–Trinajstić information content (AvgIpc) is 2.18. The Morgan fingerprint density at radius 1 is 1.27 bits per heavy atom. The van der Waals surface area contributed by atoms with Gasteiger partial charge >= 0.3 is 0 Å². The van der Waals surface area contributed by atoms with E-state index in [4.69, 9.17) is 4.74 Å². The number of ether oxygens (including phenoxy) is 1. The molecule has 2 rings (SSSR count). The van der Waals surface area contributed by atoms with Crippen LogP contribution in [0.2, 0.25) is 0 Å². The monoisotopic (exact) mass is 210 g/mol. The summed E-state index contributed by atoms with van der Waals surface area (Å²) in [7, 11) is 0. The van der Waals surface area contributed by atoms with Crippen molar-refractivity contribution in [2.45, 2.75) is 46.1 Å². The fourth-order valence-corrected chi connectivity index (χ4v) is 3.53. The van der Waals surface area contributed by atoms with Crippen LogP contribution in [0.5, 0.6) is 0 Å². The van der Waals surface area contributed by atoms with Gasteiger partial charge in [0.15, 0.2) is 0 Å². The van der Waals surface area contributed by atoms with Crippen LogP contribution in [0, 0.1) is 23.7 Å². The zero-order valence-electron chi connectivity index (χ0n) is 10.0. The standard InChI is InChI=1S/C13H22O2/c1-4-15-13-10-5-8(2)6-11(13)12(14)9(3)7-10/h8-11,13H,4-7H2,1-3H3. The third kappa shape index (κ3) is 1.96. The quantitative estimate of drug-likeness (QED) is 0.700. The smallest absolute Gasteiger partial charge is 0.141 e. The molecule has 0 amide bonds. The first-order valence-electron chi connectivity index (χ1n) is 6.28. The highest BCUT2D eigenvalue weighted by atomic mass is 16.5. The highest BCUT2D eigenvalue weighted by Crippen LogP contribution is 2.44. The lowest BCUT2D eigenvalue weighted by molar-refractivity contribution is -0.148. The Balaban J connectivity index is 2.16. The molecule has 86 valence electrons. The van der Waals surface area contributed by atoms with Crippen LogP contribution in [0.15, 0.2) is 0 Å². The Labute approximate surface area is 92.4 Å². The van der Waals surface area contributed by atoms with Crippen molar-refractivity contribution in [3.63, 3.8) is 0 Å². The van der Waals surface area contributed by atoms with E-state index in [1.807, 2.05) is 6.92 Å². The van der Waals surface area contributed by atoms with Crippen molar-refractivity contribution < 1.29 is 9.53 Å². The molecule has 0 saturated heterocycles. The van der Waals surface area contributed by atoms with Crippen LogP contribution in [0.4, 0.5) is 0 Å². The summed E-state index contributed by atoms with van der Waals surface area (Å²) in [5, 5.41) is 0. The minimum absolute atomic E-state index is 0.197. The van der Waals surface area contributed by atoms with Gasteiger partial charge in [-0.15, -0.1) is 0 Å². The average molecular weight is 210 g/mol. The third-order valence-electron chi connectivity index (χ3n) is 4.09. The Hall–Kier alpha value is -0.370. The summed E-state index contributed by atoms with van der Waals surface area (Å²) in [5.41, 5.74) is 0. The number of hydrogen-bond acceptors (Lipinski definition) is 2. The van der Waals surface area contributed by atoms with Crippen molar-refractivity contribution >= 4 is 5.78 Å². The summed E-state index contributed by atoms with van der Waals surface area (Å²) in [5.74, 6) is 2.25. The molecule has 2 heteroatoms. The minimum atomic E-state index is 0.197. The summed E-state index contributed by atoms with van der Waals surface area (Å²) in [6.45, 7) is 7.13. The second-order valence-corrected chi connectivity index (χ2v) is 5.40. The van der Waals surface area contributed by atoms with E-state index in [9.17, 15) is 4.79 Å². The Morgan fingerprint density at radius 3 is 2.67 bits per heavy atom. The molecule has 0 aromatic rings. The Kier molecular flexibility index (Phi) is 3.15. The molecule has 0 aromatic heterocycles. The maximum atomic E-state index is 12.1. The van der Waals surface area contributed by atoms with Crippen molar-refractivity contribution in [3.05, 3.63) is 0 Å². The van der Waals surface area contributed by atoms with Gasteiger partial charge in [0, 0.05) is 18.4 Å². The molecular weight excluding hydrogens is 188 g/mol. The highest BCUT2D eigenvalue weighted by Gasteiger charge is 2.46. The zero-order valence-corrected chi connectivity index (χ0v) is 10.0. The van der Waals surface area contributed by atoms with Crippen LogP contribution in [-0.4, -0.2) is 18.5 Å². The van der Waals surface area contributed by atoms with E-state index in [-0.39, 0.29) is 17.9 Å². The van der Waals surface area contributed by atoms with Gasteiger partial charge < -0.3 is 4.74 Å². The van der Waals surface area contributed by atoms with Crippen LogP contribution in [0.1, 0.15) is 40.0 Å². The fourth-order valence-electron chi connectivity index (χ4n) is 3.53. The molecule has 0 aliphatic heterocycles. The molecule has 15 heavy (non-hydrogen) atoms. The molecule has 0 N–H and O–H groups in total. The third-order valence-corrected chi connectivity index (χ3v) is 4.09. The van der Waals surface area contributed by atoms with Gasteiger partial charge in [0.1, 0.15) is 5.78 Å². The van der Waals surface area contributed by atoms with Crippen LogP contribution in [0.25, 0.3) is 0 Å². The van der Waals surface area contributed by atoms with E-state index >= 15 is 0 Å². The van der Waals surface area contributed by atoms with Gasteiger partial charge in [-0.05, 0) is 38.0 Å². The van der Waals surface area contributed by atoms with E-state index < -0.39 is 0 Å². The number of rotatable bonds is 2. The number of carbonyl (C=O) groups excluding carboxylic acids is 1. The van der Waals surface area contributed by atoms with Crippen molar-refractivity contribution in [3.8, 4) is 0 Å². The predicted octanol–water partition coefficient (Wildman–Crippen LogP) is 2.66. The van der Waals surface area contributed by atoms with Crippen LogP contribution in [-0.2, 0) is 9.53 Å². The molecule has 5 unspecified atom stereocenters. The number of carbonyl (C=O) groups is 1. The van der Waals surface area contributed by atoms with Crippen LogP contribution < -0.4 is 0 Å². The summed E-state index contributed by atoms with van der Waals surface area (Å²) in [6, 6.07) is 0. The summed E-state index contributed by atoms with van der Waals surface area (Å²) >= 11 is 0. The lowest BCUT2D eigenvalue weighted by Crippen LogP contribution is -2.49. The van der Waals surface area contributed by atoms with Gasteiger partial charge in [-0.2, -0.15) is 0 Å². The van der Waals surface area contributed by atoms with E-state index in [2.05, 4.69) is 13.8 Å². The molecule has 0 radical (unpaired) electrons.